The van der Waals surface area contributed by atoms with Crippen LogP contribution in [0.1, 0.15) is 5.56 Å². The summed E-state index contributed by atoms with van der Waals surface area (Å²) in [5.74, 6) is 0. The summed E-state index contributed by atoms with van der Waals surface area (Å²) < 4.78 is 3.58. The van der Waals surface area contributed by atoms with E-state index >= 15 is 0 Å². The molecule has 0 aliphatic carbocycles. The molecule has 2 heterocycles. The molecule has 0 bridgehead atoms. The van der Waals surface area contributed by atoms with Crippen molar-refractivity contribution in [2.45, 2.75) is 13.0 Å². The zero-order chi connectivity index (χ0) is 16.7. The molecule has 120 valence electrons. The third kappa shape index (κ3) is 2.69. The molecule has 4 nitrogen and oxygen atoms in total. The molecular formula is C18H15IN4S. The third-order valence-electron chi connectivity index (χ3n) is 4.27. The van der Waals surface area contributed by atoms with Gasteiger partial charge in [-0.15, -0.1) is 0 Å². The zero-order valence-electron chi connectivity index (χ0n) is 12.8. The van der Waals surface area contributed by atoms with Crippen molar-refractivity contribution < 1.29 is 0 Å². The predicted molar refractivity (Wildman–Crippen MR) is 108 cm³/mol. The van der Waals surface area contributed by atoms with E-state index in [1.165, 1.54) is 10.9 Å². The van der Waals surface area contributed by atoms with Crippen LogP contribution in [0.3, 0.4) is 0 Å². The van der Waals surface area contributed by atoms with Gasteiger partial charge in [0, 0.05) is 32.6 Å². The smallest absolute Gasteiger partial charge is 0.179 e. The first-order valence-corrected chi connectivity index (χ1v) is 9.14. The van der Waals surface area contributed by atoms with Crippen molar-refractivity contribution in [3.8, 4) is 0 Å². The maximum absolute atomic E-state index is 8.53. The lowest BCUT2D eigenvalue weighted by Gasteiger charge is -2.10. The number of fused-ring (bicyclic) bond motifs is 2. The lowest BCUT2D eigenvalue weighted by molar-refractivity contribution is 0.638. The van der Waals surface area contributed by atoms with Crippen molar-refractivity contribution in [3.63, 3.8) is 0 Å². The number of benzene rings is 2. The van der Waals surface area contributed by atoms with Crippen LogP contribution in [0.5, 0.6) is 0 Å². The Bertz CT molecular complexity index is 1170. The normalized spacial score (nSPS) is 11.4. The van der Waals surface area contributed by atoms with Crippen LogP contribution in [0, 0.1) is 13.8 Å². The topological polar surface area (TPSA) is 60.4 Å². The molecule has 0 aliphatic rings. The maximum Gasteiger partial charge on any atom is 0.179 e. The van der Waals surface area contributed by atoms with E-state index in [1.54, 1.807) is 0 Å². The number of para-hydroxylation sites is 1. The number of nitrogens with zero attached hydrogens (tertiary/aromatic N) is 1. The summed E-state index contributed by atoms with van der Waals surface area (Å²) in [4.78, 5) is 6.54. The van der Waals surface area contributed by atoms with Crippen LogP contribution in [0.2, 0.25) is 0 Å². The lowest BCUT2D eigenvalue weighted by atomic mass is 10.1. The Balaban J connectivity index is 1.74. The Morgan fingerprint density at radius 2 is 1.92 bits per heavy atom. The van der Waals surface area contributed by atoms with E-state index in [0.29, 0.717) is 16.8 Å². The van der Waals surface area contributed by atoms with Crippen molar-refractivity contribution in [3.05, 3.63) is 68.1 Å². The van der Waals surface area contributed by atoms with Crippen molar-refractivity contribution in [2.75, 3.05) is 0 Å². The fourth-order valence-electron chi connectivity index (χ4n) is 3.04. The monoisotopic (exact) mass is 446 g/mol. The molecule has 6 heteroatoms. The molecule has 0 atom stereocenters. The molecule has 3 N–H and O–H groups in total. The van der Waals surface area contributed by atoms with Crippen LogP contribution >= 0.6 is 34.8 Å². The second-order valence-corrected chi connectivity index (χ2v) is 7.36. The van der Waals surface area contributed by atoms with Gasteiger partial charge in [0.1, 0.15) is 5.49 Å². The molecule has 4 aromatic rings. The molecule has 0 aliphatic heterocycles. The summed E-state index contributed by atoms with van der Waals surface area (Å²) in [6, 6.07) is 14.3. The molecule has 0 amide bonds. The van der Waals surface area contributed by atoms with Gasteiger partial charge in [-0.1, -0.05) is 18.2 Å². The highest BCUT2D eigenvalue weighted by Gasteiger charge is 2.07. The van der Waals surface area contributed by atoms with E-state index in [-0.39, 0.29) is 0 Å². The summed E-state index contributed by atoms with van der Waals surface area (Å²) in [7, 11) is 0. The Labute approximate surface area is 157 Å². The largest absolute Gasteiger partial charge is 0.361 e. The van der Waals surface area contributed by atoms with E-state index in [4.69, 9.17) is 17.6 Å². The number of hydrogen-bond donors (Lipinski definition) is 3. The van der Waals surface area contributed by atoms with Crippen LogP contribution in [-0.2, 0) is 13.0 Å². The van der Waals surface area contributed by atoms with Gasteiger partial charge in [-0.3, -0.25) is 5.41 Å². The number of rotatable bonds is 3. The van der Waals surface area contributed by atoms with Gasteiger partial charge in [0.25, 0.3) is 0 Å². The van der Waals surface area contributed by atoms with E-state index in [9.17, 15) is 0 Å². The highest BCUT2D eigenvalue weighted by molar-refractivity contribution is 14.1. The Morgan fingerprint density at radius 1 is 1.08 bits per heavy atom. The first-order valence-electron chi connectivity index (χ1n) is 7.65. The summed E-state index contributed by atoms with van der Waals surface area (Å²) >= 11 is 7.74. The number of hydrogen-bond acceptors (Lipinski definition) is 2. The highest BCUT2D eigenvalue weighted by Crippen LogP contribution is 2.18. The Morgan fingerprint density at radius 3 is 2.79 bits per heavy atom. The van der Waals surface area contributed by atoms with Crippen molar-refractivity contribution >= 4 is 56.6 Å². The van der Waals surface area contributed by atoms with Crippen LogP contribution in [0.15, 0.2) is 48.7 Å². The molecule has 0 saturated carbocycles. The molecule has 0 radical (unpaired) electrons. The fraction of sp³-hybridized carbons (Fsp3) is 0.111. The summed E-state index contributed by atoms with van der Waals surface area (Å²) in [5.41, 5.74) is 3.76. The quantitative estimate of drug-likeness (QED) is 0.315. The second kappa shape index (κ2) is 6.18. The van der Waals surface area contributed by atoms with E-state index in [0.717, 1.165) is 26.4 Å². The molecule has 2 aromatic heterocycles. The first kappa shape index (κ1) is 15.6. The summed E-state index contributed by atoms with van der Waals surface area (Å²) in [5, 5.41) is 10.7. The number of aromatic nitrogens is 3. The number of halogens is 1. The van der Waals surface area contributed by atoms with Gasteiger partial charge in [-0.25, -0.2) is 0 Å². The SMILES string of the molecule is N=c1c2cc(I)ccc2[nH]c(=S)n1CCc1c[nH]c2ccccc12. The Hall–Kier alpha value is -1.93. The van der Waals surface area contributed by atoms with E-state index < -0.39 is 0 Å². The van der Waals surface area contributed by atoms with Crippen molar-refractivity contribution in [2.24, 2.45) is 0 Å². The average Bonchev–Trinajstić information content (AvgIpc) is 2.99. The van der Waals surface area contributed by atoms with Gasteiger partial charge in [0.05, 0.1) is 5.52 Å². The van der Waals surface area contributed by atoms with Crippen molar-refractivity contribution in [1.29, 1.82) is 5.41 Å². The highest BCUT2D eigenvalue weighted by atomic mass is 127. The minimum absolute atomic E-state index is 0.465. The predicted octanol–water partition coefficient (Wildman–Crippen LogP) is 4.51. The van der Waals surface area contributed by atoms with Crippen molar-refractivity contribution in [1.82, 2.24) is 14.5 Å². The average molecular weight is 446 g/mol. The molecule has 0 fully saturated rings. The molecule has 2 aromatic carbocycles. The molecular weight excluding hydrogens is 431 g/mol. The molecule has 4 rings (SSSR count). The van der Waals surface area contributed by atoms with Gasteiger partial charge >= 0.3 is 0 Å². The number of nitrogens with one attached hydrogen (secondary N) is 3. The van der Waals surface area contributed by atoms with Gasteiger partial charge in [0.2, 0.25) is 0 Å². The molecule has 0 unspecified atom stereocenters. The molecule has 24 heavy (non-hydrogen) atoms. The standard InChI is InChI=1S/C18H15IN4S/c19-12-5-6-16-14(9-12)17(20)23(18(24)22-16)8-7-11-10-21-15-4-2-1-3-13(11)15/h1-6,9-10,20-21H,7-8H2,(H,22,24). The minimum Gasteiger partial charge on any atom is -0.361 e. The minimum atomic E-state index is 0.465. The van der Waals surface area contributed by atoms with Crippen LogP contribution in [-0.4, -0.2) is 14.5 Å². The zero-order valence-corrected chi connectivity index (χ0v) is 15.7. The fourth-order valence-corrected chi connectivity index (χ4v) is 3.82. The second-order valence-electron chi connectivity index (χ2n) is 5.73. The van der Waals surface area contributed by atoms with E-state index in [1.807, 2.05) is 41.1 Å². The van der Waals surface area contributed by atoms with Crippen LogP contribution in [0.4, 0.5) is 0 Å². The Kier molecular flexibility index (Phi) is 4.01. The number of H-pyrrole nitrogens is 2. The van der Waals surface area contributed by atoms with Gasteiger partial charge in [0.15, 0.2) is 4.77 Å². The van der Waals surface area contributed by atoms with Gasteiger partial charge < -0.3 is 14.5 Å². The summed E-state index contributed by atoms with van der Waals surface area (Å²) in [6.45, 7) is 0.678. The van der Waals surface area contributed by atoms with Gasteiger partial charge in [-0.2, -0.15) is 0 Å². The van der Waals surface area contributed by atoms with Crippen LogP contribution < -0.4 is 5.49 Å². The van der Waals surface area contributed by atoms with Crippen LogP contribution in [0.25, 0.3) is 21.8 Å². The number of aromatic amines is 2. The van der Waals surface area contributed by atoms with Gasteiger partial charge in [-0.05, 0) is 71.1 Å². The first-order chi connectivity index (χ1) is 11.6. The molecule has 0 saturated heterocycles. The number of aryl methyl sites for hydroxylation is 1. The third-order valence-corrected chi connectivity index (χ3v) is 5.27. The lowest BCUT2D eigenvalue weighted by Crippen LogP contribution is -2.23. The maximum atomic E-state index is 8.53. The summed E-state index contributed by atoms with van der Waals surface area (Å²) in [6.07, 6.45) is 2.87. The van der Waals surface area contributed by atoms with E-state index in [2.05, 4.69) is 44.7 Å². The molecule has 0 spiro atoms.